The third-order valence-corrected chi connectivity index (χ3v) is 6.57. The minimum Gasteiger partial charge on any atom is -0.444 e. The Bertz CT molecular complexity index is 1110. The predicted octanol–water partition coefficient (Wildman–Crippen LogP) is 2.92. The van der Waals surface area contributed by atoms with E-state index in [1.54, 1.807) is 20.8 Å². The van der Waals surface area contributed by atoms with Crippen molar-refractivity contribution < 1.29 is 38.3 Å². The highest BCUT2D eigenvalue weighted by atomic mass is 32.3. The summed E-state index contributed by atoms with van der Waals surface area (Å²) in [6.07, 6.45) is -0.450. The van der Waals surface area contributed by atoms with E-state index in [9.17, 15) is 29.4 Å². The second kappa shape index (κ2) is 9.10. The minimum absolute atomic E-state index is 0.0840. The number of nitrogens with zero attached hydrogens (tertiary/aromatic N) is 2. The molecule has 0 bridgehead atoms. The number of carbonyl (C=O) groups excluding carboxylic acids is 1. The Kier molecular flexibility index (Phi) is 7.47. The summed E-state index contributed by atoms with van der Waals surface area (Å²) in [5.74, 6) is -0.559. The van der Waals surface area contributed by atoms with Crippen LogP contribution in [0.3, 0.4) is 0 Å². The van der Waals surface area contributed by atoms with E-state index < -0.39 is 43.1 Å². The summed E-state index contributed by atoms with van der Waals surface area (Å²) in [7, 11) is -10.7. The summed E-state index contributed by atoms with van der Waals surface area (Å²) in [4.78, 5) is 14.9. The van der Waals surface area contributed by atoms with Crippen molar-refractivity contribution in [3.8, 4) is 5.75 Å². The molecule has 182 valence electrons. The topological polar surface area (TPSA) is 110 Å². The van der Waals surface area contributed by atoms with Gasteiger partial charge in [0, 0.05) is 38.3 Å². The quantitative estimate of drug-likeness (QED) is 0.570. The fourth-order valence-corrected chi connectivity index (χ4v) is 5.08. The molecule has 1 heterocycles. The van der Waals surface area contributed by atoms with Crippen LogP contribution in [0.15, 0.2) is 4.90 Å². The second-order valence-corrected chi connectivity index (χ2v) is 10.9. The molecule has 9 nitrogen and oxygen atoms in total. The first kappa shape index (κ1) is 26.3. The lowest BCUT2D eigenvalue weighted by Crippen LogP contribution is -2.49. The Morgan fingerprint density at radius 3 is 1.91 bits per heavy atom. The molecule has 0 aliphatic carbocycles. The first-order valence-corrected chi connectivity index (χ1v) is 12.5. The zero-order valence-electron chi connectivity index (χ0n) is 18.9. The molecule has 1 amide bonds. The Morgan fingerprint density at radius 2 is 1.47 bits per heavy atom. The van der Waals surface area contributed by atoms with Gasteiger partial charge in [-0.05, 0) is 58.2 Å². The van der Waals surface area contributed by atoms with Crippen molar-refractivity contribution in [1.29, 1.82) is 0 Å². The maximum atomic E-state index is 14.0. The summed E-state index contributed by atoms with van der Waals surface area (Å²) in [5.41, 5.74) is -0.395. The number of amides is 1. The van der Waals surface area contributed by atoms with Gasteiger partial charge in [0.1, 0.15) is 10.5 Å². The lowest BCUT2D eigenvalue weighted by atomic mass is 9.97. The van der Waals surface area contributed by atoms with Crippen LogP contribution in [-0.2, 0) is 32.0 Å². The molecule has 1 aliphatic heterocycles. The molecule has 0 atom stereocenters. The lowest BCUT2D eigenvalue weighted by molar-refractivity contribution is 0.0138. The van der Waals surface area contributed by atoms with Crippen LogP contribution in [-0.4, -0.2) is 64.5 Å². The number of benzene rings is 1. The first-order valence-electron chi connectivity index (χ1n) is 9.82. The average molecular weight is 499 g/mol. The zero-order valence-corrected chi connectivity index (χ0v) is 20.5. The van der Waals surface area contributed by atoms with Crippen molar-refractivity contribution in [3.63, 3.8) is 0 Å². The van der Waals surface area contributed by atoms with E-state index in [0.29, 0.717) is 31.7 Å². The maximum Gasteiger partial charge on any atom is 0.488 e. The van der Waals surface area contributed by atoms with Crippen molar-refractivity contribution in [3.05, 3.63) is 22.3 Å². The maximum absolute atomic E-state index is 14.0. The standard InChI is InChI=1S/C19H28F2N2O7S2/c1-12-15(11-22-7-9-23(10-8-22)18(24)29-19(4,5)6)13(2)17(31(20,25)26)14(3)16(12)30-32(21,27)28/h7-11H2,1-6H3. The van der Waals surface area contributed by atoms with E-state index >= 15 is 0 Å². The van der Waals surface area contributed by atoms with Crippen molar-refractivity contribution in [2.45, 2.75) is 58.6 Å². The number of ether oxygens (including phenoxy) is 1. The summed E-state index contributed by atoms with van der Waals surface area (Å²) in [5, 5.41) is 0. The minimum atomic E-state index is -5.47. The predicted molar refractivity (Wildman–Crippen MR) is 113 cm³/mol. The van der Waals surface area contributed by atoms with Crippen LogP contribution in [0.2, 0.25) is 0 Å². The van der Waals surface area contributed by atoms with Gasteiger partial charge in [-0.15, -0.1) is 3.89 Å². The third-order valence-electron chi connectivity index (χ3n) is 5.10. The summed E-state index contributed by atoms with van der Waals surface area (Å²) in [6.45, 7) is 10.9. The van der Waals surface area contributed by atoms with Gasteiger partial charge in [-0.1, -0.05) is 3.89 Å². The average Bonchev–Trinajstić information content (AvgIpc) is 2.59. The molecule has 0 N–H and O–H groups in total. The van der Waals surface area contributed by atoms with Crippen molar-refractivity contribution >= 4 is 26.8 Å². The van der Waals surface area contributed by atoms with Crippen molar-refractivity contribution in [2.75, 3.05) is 26.2 Å². The van der Waals surface area contributed by atoms with Crippen LogP contribution in [0, 0.1) is 20.8 Å². The highest BCUT2D eigenvalue weighted by Gasteiger charge is 2.31. The third kappa shape index (κ3) is 6.51. The SMILES string of the molecule is Cc1c(CN2CCN(C(=O)OC(C)(C)C)CC2)c(C)c(S(=O)(=O)F)c(C)c1OS(=O)(=O)F. The molecule has 13 heteroatoms. The summed E-state index contributed by atoms with van der Waals surface area (Å²) >= 11 is 0. The van der Waals surface area contributed by atoms with Crippen LogP contribution in [0.4, 0.5) is 12.6 Å². The zero-order chi connectivity index (χ0) is 24.6. The molecule has 1 aromatic rings. The van der Waals surface area contributed by atoms with Gasteiger partial charge in [0.05, 0.1) is 0 Å². The highest BCUT2D eigenvalue weighted by molar-refractivity contribution is 7.86. The smallest absolute Gasteiger partial charge is 0.444 e. The fourth-order valence-electron chi connectivity index (χ4n) is 3.69. The lowest BCUT2D eigenvalue weighted by Gasteiger charge is -2.36. The van der Waals surface area contributed by atoms with Gasteiger partial charge in [0.15, 0.2) is 5.75 Å². The molecule has 32 heavy (non-hydrogen) atoms. The highest BCUT2D eigenvalue weighted by Crippen LogP contribution is 2.38. The Hall–Kier alpha value is -1.99. The van der Waals surface area contributed by atoms with Gasteiger partial charge in [0.25, 0.3) is 0 Å². The van der Waals surface area contributed by atoms with Gasteiger partial charge in [-0.2, -0.15) is 16.8 Å². The van der Waals surface area contributed by atoms with Gasteiger partial charge in [-0.3, -0.25) is 4.90 Å². The van der Waals surface area contributed by atoms with Crippen LogP contribution >= 0.6 is 0 Å². The van der Waals surface area contributed by atoms with Crippen LogP contribution < -0.4 is 4.18 Å². The van der Waals surface area contributed by atoms with E-state index in [1.807, 2.05) is 4.90 Å². The largest absolute Gasteiger partial charge is 0.488 e. The molecular formula is C19H28F2N2O7S2. The van der Waals surface area contributed by atoms with E-state index in [1.165, 1.54) is 18.7 Å². The van der Waals surface area contributed by atoms with E-state index in [0.717, 1.165) is 6.92 Å². The number of hydrogen-bond donors (Lipinski definition) is 0. The van der Waals surface area contributed by atoms with Gasteiger partial charge in [0.2, 0.25) is 0 Å². The van der Waals surface area contributed by atoms with Gasteiger partial charge >= 0.3 is 26.8 Å². The monoisotopic (exact) mass is 498 g/mol. The number of piperazine rings is 1. The summed E-state index contributed by atoms with van der Waals surface area (Å²) < 4.78 is 82.6. The molecule has 0 aromatic heterocycles. The molecule has 1 fully saturated rings. The number of halogens is 2. The van der Waals surface area contributed by atoms with Crippen LogP contribution in [0.25, 0.3) is 0 Å². The van der Waals surface area contributed by atoms with Crippen molar-refractivity contribution in [1.82, 2.24) is 9.80 Å². The molecule has 1 saturated heterocycles. The number of rotatable bonds is 5. The Labute approximate surface area is 187 Å². The van der Waals surface area contributed by atoms with E-state index in [4.69, 9.17) is 4.74 Å². The molecular weight excluding hydrogens is 470 g/mol. The normalized spacial score (nSPS) is 16.2. The van der Waals surface area contributed by atoms with Gasteiger partial charge in [-0.25, -0.2) is 4.79 Å². The van der Waals surface area contributed by atoms with Gasteiger partial charge < -0.3 is 13.8 Å². The molecule has 2 rings (SSSR count). The fraction of sp³-hybridized carbons (Fsp3) is 0.632. The van der Waals surface area contributed by atoms with E-state index in [2.05, 4.69) is 4.18 Å². The molecule has 0 saturated carbocycles. The summed E-state index contributed by atoms with van der Waals surface area (Å²) in [6, 6.07) is 0. The van der Waals surface area contributed by atoms with Crippen LogP contribution in [0.5, 0.6) is 5.75 Å². The van der Waals surface area contributed by atoms with E-state index in [-0.39, 0.29) is 23.2 Å². The molecule has 1 aliphatic rings. The van der Waals surface area contributed by atoms with Crippen molar-refractivity contribution in [2.24, 2.45) is 0 Å². The second-order valence-electron chi connectivity index (χ2n) is 8.67. The molecule has 0 radical (unpaired) electrons. The Morgan fingerprint density at radius 1 is 0.938 bits per heavy atom. The molecule has 0 unspecified atom stereocenters. The molecule has 1 aromatic carbocycles. The number of carbonyl (C=O) groups is 1. The number of hydrogen-bond acceptors (Lipinski definition) is 8. The Balaban J connectivity index is 2.34. The first-order chi connectivity index (χ1) is 14.4. The van der Waals surface area contributed by atoms with Crippen LogP contribution in [0.1, 0.15) is 43.0 Å². The molecule has 0 spiro atoms.